The van der Waals surface area contributed by atoms with Crippen LogP contribution in [0.4, 0.5) is 0 Å². The van der Waals surface area contributed by atoms with E-state index in [4.69, 9.17) is 0 Å². The third kappa shape index (κ3) is 2.39. The number of nitrogens with one attached hydrogen (secondary N) is 2. The maximum Gasteiger partial charge on any atom is 0.273 e. The molecule has 3 unspecified atom stereocenters. The summed E-state index contributed by atoms with van der Waals surface area (Å²) in [5.74, 6) is 0.968. The highest BCUT2D eigenvalue weighted by atomic mass is 16.2. The fourth-order valence-corrected chi connectivity index (χ4v) is 4.72. The average molecular weight is 337 g/mol. The zero-order valence-electron chi connectivity index (χ0n) is 14.4. The number of rotatable bonds is 3. The first kappa shape index (κ1) is 15.1. The van der Waals surface area contributed by atoms with Gasteiger partial charge in [-0.2, -0.15) is 0 Å². The second-order valence-electron chi connectivity index (χ2n) is 7.54. The lowest BCUT2D eigenvalue weighted by Gasteiger charge is -2.23. The Kier molecular flexibility index (Phi) is 3.41. The molecule has 2 aromatic rings. The molecule has 0 spiro atoms. The summed E-state index contributed by atoms with van der Waals surface area (Å²) >= 11 is 0. The lowest BCUT2D eigenvalue weighted by atomic mass is 10.1. The highest BCUT2D eigenvalue weighted by Crippen LogP contribution is 2.56. The predicted molar refractivity (Wildman–Crippen MR) is 93.5 cm³/mol. The van der Waals surface area contributed by atoms with E-state index < -0.39 is 0 Å². The SMILES string of the molecule is Cc1c(C(=O)NC2C3Cc4ccccc4C32)nnn1C1CCNCC1. The van der Waals surface area contributed by atoms with Crippen LogP contribution in [0, 0.1) is 12.8 Å². The number of carbonyl (C=O) groups is 1. The van der Waals surface area contributed by atoms with Crippen molar-refractivity contribution in [1.82, 2.24) is 25.6 Å². The summed E-state index contributed by atoms with van der Waals surface area (Å²) in [5, 5.41) is 15.0. The van der Waals surface area contributed by atoms with Gasteiger partial charge in [-0.1, -0.05) is 29.5 Å². The van der Waals surface area contributed by atoms with Gasteiger partial charge >= 0.3 is 0 Å². The number of fused-ring (bicyclic) bond motifs is 3. The Labute approximate surface area is 147 Å². The minimum Gasteiger partial charge on any atom is -0.347 e. The van der Waals surface area contributed by atoms with Gasteiger partial charge in [-0.3, -0.25) is 4.79 Å². The second-order valence-corrected chi connectivity index (χ2v) is 7.54. The number of carbonyl (C=O) groups excluding carboxylic acids is 1. The van der Waals surface area contributed by atoms with E-state index in [0.717, 1.165) is 38.0 Å². The Morgan fingerprint density at radius 2 is 2.08 bits per heavy atom. The number of hydrogen-bond donors (Lipinski definition) is 2. The zero-order chi connectivity index (χ0) is 17.0. The van der Waals surface area contributed by atoms with E-state index >= 15 is 0 Å². The van der Waals surface area contributed by atoms with E-state index in [9.17, 15) is 4.79 Å². The molecule has 1 aromatic carbocycles. The fourth-order valence-electron chi connectivity index (χ4n) is 4.72. The number of nitrogens with zero attached hydrogens (tertiary/aromatic N) is 3. The highest BCUT2D eigenvalue weighted by Gasteiger charge is 2.56. The maximum absolute atomic E-state index is 12.7. The summed E-state index contributed by atoms with van der Waals surface area (Å²) in [6.45, 7) is 3.95. The molecule has 1 aliphatic heterocycles. The van der Waals surface area contributed by atoms with Crippen molar-refractivity contribution in [2.45, 2.75) is 44.2 Å². The van der Waals surface area contributed by atoms with Gasteiger partial charge in [0.05, 0.1) is 11.7 Å². The van der Waals surface area contributed by atoms with Crippen molar-refractivity contribution in [1.29, 1.82) is 0 Å². The van der Waals surface area contributed by atoms with Gasteiger partial charge in [0.1, 0.15) is 0 Å². The van der Waals surface area contributed by atoms with Gasteiger partial charge in [0, 0.05) is 12.0 Å². The molecule has 1 saturated heterocycles. The van der Waals surface area contributed by atoms with Crippen LogP contribution >= 0.6 is 0 Å². The van der Waals surface area contributed by atoms with Crippen LogP contribution in [0.5, 0.6) is 0 Å². The molecular weight excluding hydrogens is 314 g/mol. The van der Waals surface area contributed by atoms with Crippen LogP contribution in [-0.2, 0) is 6.42 Å². The second kappa shape index (κ2) is 5.66. The Morgan fingerprint density at radius 1 is 1.28 bits per heavy atom. The Morgan fingerprint density at radius 3 is 2.92 bits per heavy atom. The van der Waals surface area contributed by atoms with E-state index in [1.807, 2.05) is 11.6 Å². The largest absolute Gasteiger partial charge is 0.347 e. The molecule has 1 saturated carbocycles. The fraction of sp³-hybridized carbons (Fsp3) is 0.526. The van der Waals surface area contributed by atoms with Gasteiger partial charge in [0.25, 0.3) is 5.91 Å². The van der Waals surface area contributed by atoms with Crippen molar-refractivity contribution in [3.05, 3.63) is 46.8 Å². The zero-order valence-corrected chi connectivity index (χ0v) is 14.4. The molecule has 1 aromatic heterocycles. The quantitative estimate of drug-likeness (QED) is 0.892. The molecule has 25 heavy (non-hydrogen) atoms. The molecule has 2 fully saturated rings. The Balaban J connectivity index is 1.29. The van der Waals surface area contributed by atoms with Gasteiger partial charge in [-0.05, 0) is 56.3 Å². The van der Waals surface area contributed by atoms with Crippen LogP contribution in [0.15, 0.2) is 24.3 Å². The van der Waals surface area contributed by atoms with Crippen LogP contribution < -0.4 is 10.6 Å². The molecule has 2 heterocycles. The molecule has 130 valence electrons. The average Bonchev–Trinajstić information content (AvgIpc) is 2.99. The molecule has 3 atom stereocenters. The van der Waals surface area contributed by atoms with Gasteiger partial charge < -0.3 is 10.6 Å². The monoisotopic (exact) mass is 337 g/mol. The maximum atomic E-state index is 12.7. The lowest BCUT2D eigenvalue weighted by Crippen LogP contribution is -2.31. The molecular formula is C19H23N5O. The van der Waals surface area contributed by atoms with Gasteiger partial charge in [-0.25, -0.2) is 4.68 Å². The van der Waals surface area contributed by atoms with Crippen molar-refractivity contribution in [2.75, 3.05) is 13.1 Å². The minimum absolute atomic E-state index is 0.0745. The molecule has 1 amide bonds. The van der Waals surface area contributed by atoms with Crippen molar-refractivity contribution in [3.8, 4) is 0 Å². The third-order valence-corrected chi connectivity index (χ3v) is 6.13. The van der Waals surface area contributed by atoms with Crippen molar-refractivity contribution in [2.24, 2.45) is 5.92 Å². The van der Waals surface area contributed by atoms with Crippen molar-refractivity contribution >= 4 is 5.91 Å². The van der Waals surface area contributed by atoms with E-state index in [1.54, 1.807) is 0 Å². The van der Waals surface area contributed by atoms with Gasteiger partial charge in [0.15, 0.2) is 5.69 Å². The summed E-state index contributed by atoms with van der Waals surface area (Å²) in [4.78, 5) is 12.7. The van der Waals surface area contributed by atoms with Crippen LogP contribution in [0.1, 0.15) is 52.1 Å². The van der Waals surface area contributed by atoms with Crippen LogP contribution in [0.3, 0.4) is 0 Å². The number of benzene rings is 1. The molecule has 0 bridgehead atoms. The summed E-state index contributed by atoms with van der Waals surface area (Å²) in [7, 11) is 0. The summed E-state index contributed by atoms with van der Waals surface area (Å²) in [6, 6.07) is 9.19. The van der Waals surface area contributed by atoms with E-state index in [2.05, 4.69) is 45.2 Å². The van der Waals surface area contributed by atoms with E-state index in [0.29, 0.717) is 23.6 Å². The normalized spacial score (nSPS) is 27.6. The first-order valence-electron chi connectivity index (χ1n) is 9.25. The summed E-state index contributed by atoms with van der Waals surface area (Å²) in [6.07, 6.45) is 3.15. The molecule has 2 N–H and O–H groups in total. The molecule has 0 radical (unpaired) electrons. The molecule has 6 nitrogen and oxygen atoms in total. The Hall–Kier alpha value is -2.21. The van der Waals surface area contributed by atoms with Crippen molar-refractivity contribution in [3.63, 3.8) is 0 Å². The smallest absolute Gasteiger partial charge is 0.273 e. The van der Waals surface area contributed by atoms with Crippen LogP contribution in [-0.4, -0.2) is 40.0 Å². The molecule has 6 heteroatoms. The van der Waals surface area contributed by atoms with Crippen LogP contribution in [0.25, 0.3) is 0 Å². The first-order chi connectivity index (χ1) is 12.2. The van der Waals surface area contributed by atoms with Gasteiger partial charge in [0.2, 0.25) is 0 Å². The summed E-state index contributed by atoms with van der Waals surface area (Å²) in [5.41, 5.74) is 4.22. The van der Waals surface area contributed by atoms with Gasteiger partial charge in [-0.15, -0.1) is 5.10 Å². The van der Waals surface area contributed by atoms with Crippen LogP contribution in [0.2, 0.25) is 0 Å². The Bertz CT molecular complexity index is 823. The number of amides is 1. The highest BCUT2D eigenvalue weighted by molar-refractivity contribution is 5.93. The lowest BCUT2D eigenvalue weighted by molar-refractivity contribution is 0.0942. The van der Waals surface area contributed by atoms with E-state index in [-0.39, 0.29) is 11.9 Å². The topological polar surface area (TPSA) is 71.8 Å². The molecule has 2 aliphatic carbocycles. The predicted octanol–water partition coefficient (Wildman–Crippen LogP) is 1.58. The molecule has 5 rings (SSSR count). The number of hydrogen-bond acceptors (Lipinski definition) is 4. The van der Waals surface area contributed by atoms with E-state index in [1.165, 1.54) is 11.1 Å². The molecule has 3 aliphatic rings. The van der Waals surface area contributed by atoms with Crippen molar-refractivity contribution < 1.29 is 4.79 Å². The number of aromatic nitrogens is 3. The minimum atomic E-state index is -0.0745. The number of piperidine rings is 1. The summed E-state index contributed by atoms with van der Waals surface area (Å²) < 4.78 is 1.94. The third-order valence-electron chi connectivity index (χ3n) is 6.13. The standard InChI is InChI=1S/C19H23N5O/c1-11-17(22-23-24(11)13-6-8-20-9-7-13)19(25)21-18-15-10-12-4-2-3-5-14(12)16(15)18/h2-5,13,15-16,18,20H,6-10H2,1H3,(H,21,25). The first-order valence-corrected chi connectivity index (χ1v) is 9.25.